The molecule has 23 heavy (non-hydrogen) atoms. The number of aromatic nitrogens is 1. The van der Waals surface area contributed by atoms with Crippen LogP contribution in [-0.4, -0.2) is 10.9 Å². The van der Waals surface area contributed by atoms with Crippen LogP contribution in [0.2, 0.25) is 0 Å². The van der Waals surface area contributed by atoms with Crippen LogP contribution in [0.15, 0.2) is 66.0 Å². The second-order valence-electron chi connectivity index (χ2n) is 5.01. The summed E-state index contributed by atoms with van der Waals surface area (Å²) in [6.45, 7) is 0. The van der Waals surface area contributed by atoms with Crippen molar-refractivity contribution in [3.05, 3.63) is 70.9 Å². The summed E-state index contributed by atoms with van der Waals surface area (Å²) < 4.78 is 1.11. The van der Waals surface area contributed by atoms with Gasteiger partial charge in [0.2, 0.25) is 0 Å². The van der Waals surface area contributed by atoms with E-state index in [1.807, 2.05) is 66.0 Å². The van der Waals surface area contributed by atoms with E-state index in [1.54, 1.807) is 0 Å². The largest absolute Gasteiger partial charge is 0.297 e. The van der Waals surface area contributed by atoms with Gasteiger partial charge < -0.3 is 0 Å². The Hall–Kier alpha value is -2.50. The van der Waals surface area contributed by atoms with Crippen molar-refractivity contribution in [1.29, 1.82) is 0 Å². The smallest absolute Gasteiger partial charge is 0.267 e. The zero-order valence-corrected chi connectivity index (χ0v) is 13.7. The van der Waals surface area contributed by atoms with Crippen LogP contribution in [0, 0.1) is 0 Å². The third-order valence-electron chi connectivity index (χ3n) is 3.44. The number of thiazole rings is 1. The normalized spacial score (nSPS) is 10.8. The molecule has 4 aromatic rings. The van der Waals surface area contributed by atoms with Gasteiger partial charge in [0.05, 0.1) is 10.6 Å². The van der Waals surface area contributed by atoms with E-state index in [0.29, 0.717) is 10.0 Å². The number of rotatable bonds is 3. The second-order valence-corrected chi connectivity index (χ2v) is 6.95. The van der Waals surface area contributed by atoms with Gasteiger partial charge in [-0.1, -0.05) is 48.5 Å². The average molecular weight is 336 g/mol. The van der Waals surface area contributed by atoms with Crippen LogP contribution in [0.25, 0.3) is 21.3 Å². The van der Waals surface area contributed by atoms with Crippen LogP contribution in [0.1, 0.15) is 9.67 Å². The average Bonchev–Trinajstić information content (AvgIpc) is 3.22. The van der Waals surface area contributed by atoms with Crippen molar-refractivity contribution in [2.24, 2.45) is 0 Å². The maximum atomic E-state index is 12.4. The number of carbonyl (C=O) groups excluding carboxylic acids is 1. The zero-order chi connectivity index (χ0) is 15.6. The number of anilines is 1. The predicted octanol–water partition coefficient (Wildman–Crippen LogP) is 5.28. The number of nitrogens with one attached hydrogen (secondary N) is 1. The minimum absolute atomic E-state index is 0.111. The quantitative estimate of drug-likeness (QED) is 0.553. The first-order valence-corrected chi connectivity index (χ1v) is 8.80. The first-order chi connectivity index (χ1) is 11.3. The molecule has 0 aliphatic heterocycles. The molecule has 112 valence electrons. The third-order valence-corrected chi connectivity index (χ3v) is 5.32. The van der Waals surface area contributed by atoms with Crippen molar-refractivity contribution in [2.45, 2.75) is 0 Å². The van der Waals surface area contributed by atoms with E-state index in [9.17, 15) is 4.79 Å². The molecule has 0 unspecified atom stereocenters. The molecular formula is C18H12N2OS2. The molecule has 0 aliphatic rings. The molecule has 0 bridgehead atoms. The number of hydrogen-bond acceptors (Lipinski definition) is 4. The van der Waals surface area contributed by atoms with Gasteiger partial charge in [0.25, 0.3) is 5.91 Å². The lowest BCUT2D eigenvalue weighted by molar-refractivity contribution is 0.103. The van der Waals surface area contributed by atoms with Gasteiger partial charge in [-0.25, -0.2) is 4.98 Å². The van der Waals surface area contributed by atoms with Gasteiger partial charge in [-0.05, 0) is 17.5 Å². The van der Waals surface area contributed by atoms with Gasteiger partial charge >= 0.3 is 0 Å². The Morgan fingerprint density at radius 1 is 1.00 bits per heavy atom. The Morgan fingerprint density at radius 3 is 2.61 bits per heavy atom. The molecule has 2 heterocycles. The van der Waals surface area contributed by atoms with E-state index in [2.05, 4.69) is 10.3 Å². The van der Waals surface area contributed by atoms with Crippen LogP contribution in [0.3, 0.4) is 0 Å². The molecule has 3 nitrogen and oxygen atoms in total. The van der Waals surface area contributed by atoms with E-state index >= 15 is 0 Å². The Bertz CT molecular complexity index is 940. The van der Waals surface area contributed by atoms with Gasteiger partial charge in [0.15, 0.2) is 5.13 Å². The molecule has 1 N–H and O–H groups in total. The molecule has 0 radical (unpaired) electrons. The van der Waals surface area contributed by atoms with E-state index in [4.69, 9.17) is 0 Å². The van der Waals surface area contributed by atoms with E-state index in [0.717, 1.165) is 21.3 Å². The number of amides is 1. The number of thiophene rings is 1. The molecule has 0 spiro atoms. The van der Waals surface area contributed by atoms with Gasteiger partial charge in [-0.3, -0.25) is 10.1 Å². The molecule has 4 rings (SSSR count). The van der Waals surface area contributed by atoms with Crippen molar-refractivity contribution in [2.75, 3.05) is 5.32 Å². The topological polar surface area (TPSA) is 42.0 Å². The number of benzene rings is 2. The van der Waals surface area contributed by atoms with E-state index in [1.165, 1.54) is 22.7 Å². The van der Waals surface area contributed by atoms with Crippen LogP contribution < -0.4 is 5.32 Å². The SMILES string of the molecule is O=C(Nc1nc(-c2ccccc2)cs1)c1cc2ccccc2s1. The van der Waals surface area contributed by atoms with Crippen LogP contribution >= 0.6 is 22.7 Å². The first-order valence-electron chi connectivity index (χ1n) is 7.10. The molecule has 0 atom stereocenters. The Morgan fingerprint density at radius 2 is 1.78 bits per heavy atom. The van der Waals surface area contributed by atoms with Crippen LogP contribution in [0.4, 0.5) is 5.13 Å². The summed E-state index contributed by atoms with van der Waals surface area (Å²) in [5.74, 6) is -0.111. The number of fused-ring (bicyclic) bond motifs is 1. The van der Waals surface area contributed by atoms with Crippen LogP contribution in [0.5, 0.6) is 0 Å². The maximum Gasteiger partial charge on any atom is 0.267 e. The molecular weight excluding hydrogens is 324 g/mol. The summed E-state index contributed by atoms with van der Waals surface area (Å²) in [5.41, 5.74) is 1.92. The summed E-state index contributed by atoms with van der Waals surface area (Å²) in [7, 11) is 0. The summed E-state index contributed by atoms with van der Waals surface area (Å²) in [6.07, 6.45) is 0. The van der Waals surface area contributed by atoms with Crippen molar-refractivity contribution < 1.29 is 4.79 Å². The van der Waals surface area contributed by atoms with Crippen molar-refractivity contribution in [3.8, 4) is 11.3 Å². The fourth-order valence-corrected chi connectivity index (χ4v) is 4.00. The van der Waals surface area contributed by atoms with E-state index in [-0.39, 0.29) is 5.91 Å². The summed E-state index contributed by atoms with van der Waals surface area (Å²) in [5, 5.41) is 6.55. The summed E-state index contributed by atoms with van der Waals surface area (Å²) in [6, 6.07) is 19.8. The molecule has 0 saturated heterocycles. The molecule has 0 aliphatic carbocycles. The van der Waals surface area contributed by atoms with Gasteiger partial charge in [0, 0.05) is 15.6 Å². The second kappa shape index (κ2) is 5.95. The van der Waals surface area contributed by atoms with Gasteiger partial charge in [-0.2, -0.15) is 0 Å². The lowest BCUT2D eigenvalue weighted by Crippen LogP contribution is -2.09. The van der Waals surface area contributed by atoms with Gasteiger partial charge in [0.1, 0.15) is 0 Å². The van der Waals surface area contributed by atoms with Gasteiger partial charge in [-0.15, -0.1) is 22.7 Å². The Labute approximate surface area is 141 Å². The lowest BCUT2D eigenvalue weighted by Gasteiger charge is -1.98. The highest BCUT2D eigenvalue weighted by molar-refractivity contribution is 7.21. The minimum atomic E-state index is -0.111. The van der Waals surface area contributed by atoms with Crippen LogP contribution in [-0.2, 0) is 0 Å². The minimum Gasteiger partial charge on any atom is -0.297 e. The summed E-state index contributed by atoms with van der Waals surface area (Å²) >= 11 is 2.93. The maximum absolute atomic E-state index is 12.4. The lowest BCUT2D eigenvalue weighted by atomic mass is 10.2. The predicted molar refractivity (Wildman–Crippen MR) is 97.3 cm³/mol. The summed E-state index contributed by atoms with van der Waals surface area (Å²) in [4.78, 5) is 17.6. The fourth-order valence-electron chi connectivity index (χ4n) is 2.33. The number of hydrogen-bond donors (Lipinski definition) is 1. The van der Waals surface area contributed by atoms with Crippen molar-refractivity contribution >= 4 is 43.8 Å². The number of carbonyl (C=O) groups is 1. The molecule has 5 heteroatoms. The Kier molecular flexibility index (Phi) is 3.65. The molecule has 0 saturated carbocycles. The third kappa shape index (κ3) is 2.88. The Balaban J connectivity index is 1.56. The fraction of sp³-hybridized carbons (Fsp3) is 0. The standard InChI is InChI=1S/C18H12N2OS2/c21-17(16-10-13-8-4-5-9-15(13)23-16)20-18-19-14(11-22-18)12-6-2-1-3-7-12/h1-11H,(H,19,20,21). The molecule has 2 aromatic carbocycles. The highest BCUT2D eigenvalue weighted by Gasteiger charge is 2.12. The highest BCUT2D eigenvalue weighted by atomic mass is 32.1. The first kappa shape index (κ1) is 14.1. The molecule has 0 fully saturated rings. The van der Waals surface area contributed by atoms with Crippen molar-refractivity contribution in [1.82, 2.24) is 4.98 Å². The van der Waals surface area contributed by atoms with E-state index < -0.39 is 0 Å². The zero-order valence-electron chi connectivity index (χ0n) is 12.0. The number of nitrogens with zero attached hydrogens (tertiary/aromatic N) is 1. The van der Waals surface area contributed by atoms with Crippen molar-refractivity contribution in [3.63, 3.8) is 0 Å². The monoisotopic (exact) mass is 336 g/mol. The highest BCUT2D eigenvalue weighted by Crippen LogP contribution is 2.28. The molecule has 2 aromatic heterocycles. The molecule has 1 amide bonds.